The van der Waals surface area contributed by atoms with Crippen LogP contribution >= 0.6 is 0 Å². The van der Waals surface area contributed by atoms with Crippen LogP contribution in [0.1, 0.15) is 37.0 Å². The number of carbonyl (C=O) groups excluding carboxylic acids is 1. The molecule has 2 aromatic carbocycles. The fourth-order valence-corrected chi connectivity index (χ4v) is 4.95. The normalized spacial score (nSPS) is 16.0. The SMILES string of the molecule is CC(C)[C@H](CNC(=O)c1cccc(S(=O)(=O)N2CCCC2)c1)Nc1ccccc1. The van der Waals surface area contributed by atoms with Gasteiger partial charge in [0.15, 0.2) is 0 Å². The molecular weight excluding hydrogens is 386 g/mol. The quantitative estimate of drug-likeness (QED) is 0.693. The zero-order valence-electron chi connectivity index (χ0n) is 17.0. The third kappa shape index (κ3) is 5.36. The second-order valence-corrected chi connectivity index (χ2v) is 9.65. The van der Waals surface area contributed by atoms with Crippen LogP contribution in [0.4, 0.5) is 5.69 Å². The maximum atomic E-state index is 12.8. The summed E-state index contributed by atoms with van der Waals surface area (Å²) in [6.45, 7) is 5.71. The Morgan fingerprint density at radius 2 is 1.72 bits per heavy atom. The minimum atomic E-state index is -3.54. The van der Waals surface area contributed by atoms with E-state index in [-0.39, 0.29) is 16.8 Å². The van der Waals surface area contributed by atoms with Gasteiger partial charge in [-0.25, -0.2) is 8.42 Å². The molecule has 0 saturated carbocycles. The monoisotopic (exact) mass is 415 g/mol. The molecule has 3 rings (SSSR count). The number of carbonyl (C=O) groups is 1. The maximum Gasteiger partial charge on any atom is 0.251 e. The average molecular weight is 416 g/mol. The molecule has 1 atom stereocenters. The van der Waals surface area contributed by atoms with Crippen molar-refractivity contribution in [1.29, 1.82) is 0 Å². The Labute approximate surface area is 173 Å². The van der Waals surface area contributed by atoms with Crippen molar-refractivity contribution in [2.45, 2.75) is 37.6 Å². The Balaban J connectivity index is 1.67. The fourth-order valence-electron chi connectivity index (χ4n) is 3.38. The Kier molecular flexibility index (Phi) is 6.92. The van der Waals surface area contributed by atoms with Crippen molar-refractivity contribution >= 4 is 21.6 Å². The third-order valence-corrected chi connectivity index (χ3v) is 7.11. The second kappa shape index (κ2) is 9.41. The van der Waals surface area contributed by atoms with Crippen molar-refractivity contribution in [2.75, 3.05) is 25.0 Å². The van der Waals surface area contributed by atoms with Gasteiger partial charge in [-0.3, -0.25) is 4.79 Å². The van der Waals surface area contributed by atoms with Crippen molar-refractivity contribution in [1.82, 2.24) is 9.62 Å². The van der Waals surface area contributed by atoms with Gasteiger partial charge in [-0.15, -0.1) is 0 Å². The summed E-state index contributed by atoms with van der Waals surface area (Å²) < 4.78 is 27.0. The summed E-state index contributed by atoms with van der Waals surface area (Å²) in [7, 11) is -3.54. The Morgan fingerprint density at radius 1 is 1.03 bits per heavy atom. The summed E-state index contributed by atoms with van der Waals surface area (Å²) in [5.41, 5.74) is 1.35. The second-order valence-electron chi connectivity index (χ2n) is 7.71. The molecule has 1 saturated heterocycles. The molecule has 0 spiro atoms. The van der Waals surface area contributed by atoms with Gasteiger partial charge in [-0.05, 0) is 49.1 Å². The maximum absolute atomic E-state index is 12.8. The van der Waals surface area contributed by atoms with Crippen molar-refractivity contribution in [3.63, 3.8) is 0 Å². The highest BCUT2D eigenvalue weighted by Crippen LogP contribution is 2.21. The molecule has 0 unspecified atom stereocenters. The van der Waals surface area contributed by atoms with E-state index in [9.17, 15) is 13.2 Å². The predicted octanol–water partition coefficient (Wildman–Crippen LogP) is 3.34. The molecular formula is C22H29N3O3S. The first-order valence-electron chi connectivity index (χ1n) is 10.1. The lowest BCUT2D eigenvalue weighted by Crippen LogP contribution is -2.39. The van der Waals surface area contributed by atoms with Crippen LogP contribution in [-0.4, -0.2) is 44.3 Å². The molecule has 2 aromatic rings. The number of hydrogen-bond donors (Lipinski definition) is 2. The number of nitrogens with one attached hydrogen (secondary N) is 2. The van der Waals surface area contributed by atoms with E-state index in [0.717, 1.165) is 18.5 Å². The van der Waals surface area contributed by atoms with Crippen LogP contribution < -0.4 is 10.6 Å². The summed E-state index contributed by atoms with van der Waals surface area (Å²) >= 11 is 0. The molecule has 0 aromatic heterocycles. The molecule has 6 nitrogen and oxygen atoms in total. The molecule has 7 heteroatoms. The van der Waals surface area contributed by atoms with E-state index < -0.39 is 10.0 Å². The molecule has 156 valence electrons. The number of para-hydroxylation sites is 1. The molecule has 0 aliphatic carbocycles. The van der Waals surface area contributed by atoms with E-state index in [1.165, 1.54) is 10.4 Å². The highest BCUT2D eigenvalue weighted by Gasteiger charge is 2.27. The standard InChI is InChI=1S/C22H29N3O3S/c1-17(2)21(24-19-10-4-3-5-11-19)16-23-22(26)18-9-8-12-20(15-18)29(27,28)25-13-6-7-14-25/h3-5,8-12,15,17,21,24H,6-7,13-14,16H2,1-2H3,(H,23,26)/t21-/m0/s1. The lowest BCUT2D eigenvalue weighted by atomic mass is 10.0. The number of benzene rings is 2. The van der Waals surface area contributed by atoms with Gasteiger partial charge in [-0.2, -0.15) is 4.31 Å². The van der Waals surface area contributed by atoms with Gasteiger partial charge in [0.1, 0.15) is 0 Å². The van der Waals surface area contributed by atoms with Crippen LogP contribution in [0.5, 0.6) is 0 Å². The van der Waals surface area contributed by atoms with Crippen LogP contribution in [0.2, 0.25) is 0 Å². The topological polar surface area (TPSA) is 78.5 Å². The van der Waals surface area contributed by atoms with Crippen LogP contribution in [-0.2, 0) is 10.0 Å². The van der Waals surface area contributed by atoms with E-state index in [1.807, 2.05) is 30.3 Å². The van der Waals surface area contributed by atoms with Crippen LogP contribution in [0, 0.1) is 5.92 Å². The number of nitrogens with zero attached hydrogens (tertiary/aromatic N) is 1. The van der Waals surface area contributed by atoms with Gasteiger partial charge in [0.2, 0.25) is 10.0 Å². The lowest BCUT2D eigenvalue weighted by Gasteiger charge is -2.24. The van der Waals surface area contributed by atoms with Crippen molar-refractivity contribution in [3.8, 4) is 0 Å². The van der Waals surface area contributed by atoms with Crippen molar-refractivity contribution in [2.24, 2.45) is 5.92 Å². The first-order chi connectivity index (χ1) is 13.9. The molecule has 2 N–H and O–H groups in total. The van der Waals surface area contributed by atoms with Gasteiger partial charge in [0.05, 0.1) is 4.90 Å². The molecule has 0 bridgehead atoms. The molecule has 1 aliphatic rings. The largest absolute Gasteiger partial charge is 0.380 e. The molecule has 1 fully saturated rings. The summed E-state index contributed by atoms with van der Waals surface area (Å²) in [5.74, 6) is 0.0290. The van der Waals surface area contributed by atoms with Gasteiger partial charge >= 0.3 is 0 Å². The average Bonchev–Trinajstić information content (AvgIpc) is 3.27. The van der Waals surface area contributed by atoms with Crippen LogP contribution in [0.15, 0.2) is 59.5 Å². The zero-order valence-corrected chi connectivity index (χ0v) is 17.8. The van der Waals surface area contributed by atoms with E-state index in [1.54, 1.807) is 18.2 Å². The predicted molar refractivity (Wildman–Crippen MR) is 115 cm³/mol. The highest BCUT2D eigenvalue weighted by atomic mass is 32.2. The summed E-state index contributed by atoms with van der Waals surface area (Å²) in [5, 5.41) is 6.38. The zero-order chi connectivity index (χ0) is 20.9. The van der Waals surface area contributed by atoms with E-state index in [4.69, 9.17) is 0 Å². The van der Waals surface area contributed by atoms with Gasteiger partial charge < -0.3 is 10.6 Å². The minimum absolute atomic E-state index is 0.0536. The van der Waals surface area contributed by atoms with E-state index in [0.29, 0.717) is 31.1 Å². The fraction of sp³-hybridized carbons (Fsp3) is 0.409. The number of sulfonamides is 1. The van der Waals surface area contributed by atoms with Crippen LogP contribution in [0.25, 0.3) is 0 Å². The number of anilines is 1. The first kappa shape index (κ1) is 21.3. The molecule has 1 amide bonds. The summed E-state index contributed by atoms with van der Waals surface area (Å²) in [6.07, 6.45) is 1.76. The van der Waals surface area contributed by atoms with Crippen molar-refractivity contribution in [3.05, 3.63) is 60.2 Å². The Morgan fingerprint density at radius 3 is 2.38 bits per heavy atom. The minimum Gasteiger partial charge on any atom is -0.380 e. The third-order valence-electron chi connectivity index (χ3n) is 5.21. The molecule has 29 heavy (non-hydrogen) atoms. The number of hydrogen-bond acceptors (Lipinski definition) is 4. The molecule has 0 radical (unpaired) electrons. The summed E-state index contributed by atoms with van der Waals surface area (Å²) in [6, 6.07) is 16.2. The molecule has 1 heterocycles. The Hall–Kier alpha value is -2.38. The van der Waals surface area contributed by atoms with E-state index in [2.05, 4.69) is 24.5 Å². The first-order valence-corrected chi connectivity index (χ1v) is 11.5. The lowest BCUT2D eigenvalue weighted by molar-refractivity contribution is 0.0950. The highest BCUT2D eigenvalue weighted by molar-refractivity contribution is 7.89. The van der Waals surface area contributed by atoms with Gasteiger partial charge in [0.25, 0.3) is 5.91 Å². The van der Waals surface area contributed by atoms with Gasteiger partial charge in [0, 0.05) is 36.9 Å². The van der Waals surface area contributed by atoms with Gasteiger partial charge in [-0.1, -0.05) is 38.1 Å². The smallest absolute Gasteiger partial charge is 0.251 e. The number of rotatable bonds is 8. The van der Waals surface area contributed by atoms with E-state index >= 15 is 0 Å². The Bertz CT molecular complexity index is 923. The molecule has 1 aliphatic heterocycles. The van der Waals surface area contributed by atoms with Crippen molar-refractivity contribution < 1.29 is 13.2 Å². The van der Waals surface area contributed by atoms with Crippen LogP contribution in [0.3, 0.4) is 0 Å². The summed E-state index contributed by atoms with van der Waals surface area (Å²) in [4.78, 5) is 12.9. The number of amides is 1.